The molecule has 3 aromatic rings. The van der Waals surface area contributed by atoms with Crippen LogP contribution in [0.4, 0.5) is 0 Å². The molecule has 4 heterocycles. The van der Waals surface area contributed by atoms with E-state index >= 15 is 0 Å². The summed E-state index contributed by atoms with van der Waals surface area (Å²) in [4.78, 5) is 1.16. The van der Waals surface area contributed by atoms with Gasteiger partial charge in [-0.15, -0.1) is 11.3 Å². The molecule has 2 atom stereocenters. The van der Waals surface area contributed by atoms with E-state index < -0.39 is 0 Å². The third-order valence-electron chi connectivity index (χ3n) is 5.19. The lowest BCUT2D eigenvalue weighted by Gasteiger charge is -2.37. The first-order chi connectivity index (χ1) is 13.4. The van der Waals surface area contributed by atoms with E-state index in [1.165, 1.54) is 5.56 Å². The number of benzene rings is 2. The SMILES string of the molecule is c1csc([C@H]2Oc3ccccc3[C@@H]3CC(c4ccc5c(c4)OCO5)=NN23)c1. The fourth-order valence-corrected chi connectivity index (χ4v) is 4.65. The van der Waals surface area contributed by atoms with Crippen LogP contribution in [0, 0.1) is 0 Å². The largest absolute Gasteiger partial charge is 0.464 e. The highest BCUT2D eigenvalue weighted by molar-refractivity contribution is 7.10. The zero-order chi connectivity index (χ0) is 17.8. The van der Waals surface area contributed by atoms with Crippen molar-refractivity contribution in [2.24, 2.45) is 5.10 Å². The molecule has 2 aromatic carbocycles. The predicted octanol–water partition coefficient (Wildman–Crippen LogP) is 4.72. The van der Waals surface area contributed by atoms with Gasteiger partial charge in [0, 0.05) is 17.5 Å². The summed E-state index contributed by atoms with van der Waals surface area (Å²) in [5.41, 5.74) is 3.29. The monoisotopic (exact) mass is 376 g/mol. The Hall–Kier alpha value is -2.99. The normalized spacial score (nSPS) is 22.1. The van der Waals surface area contributed by atoms with Crippen LogP contribution in [0.2, 0.25) is 0 Å². The number of fused-ring (bicyclic) bond motifs is 4. The third kappa shape index (κ3) is 2.33. The van der Waals surface area contributed by atoms with Crippen LogP contribution in [0.3, 0.4) is 0 Å². The summed E-state index contributed by atoms with van der Waals surface area (Å²) in [7, 11) is 0. The molecule has 0 spiro atoms. The van der Waals surface area contributed by atoms with Crippen molar-refractivity contribution in [2.75, 3.05) is 6.79 Å². The number of hydrazone groups is 1. The Morgan fingerprint density at radius 2 is 1.89 bits per heavy atom. The van der Waals surface area contributed by atoms with Gasteiger partial charge in [-0.1, -0.05) is 24.3 Å². The maximum Gasteiger partial charge on any atom is 0.231 e. The summed E-state index contributed by atoms with van der Waals surface area (Å²) in [6.45, 7) is 0.279. The molecule has 6 rings (SSSR count). The predicted molar refractivity (Wildman–Crippen MR) is 102 cm³/mol. The van der Waals surface area contributed by atoms with Crippen molar-refractivity contribution in [1.82, 2.24) is 5.01 Å². The molecule has 0 fully saturated rings. The minimum absolute atomic E-state index is 0.169. The number of para-hydroxylation sites is 1. The van der Waals surface area contributed by atoms with Gasteiger partial charge in [-0.2, -0.15) is 5.10 Å². The Labute approximate surface area is 160 Å². The first kappa shape index (κ1) is 15.1. The van der Waals surface area contributed by atoms with Crippen LogP contribution in [0.15, 0.2) is 65.1 Å². The number of ether oxygens (including phenoxy) is 3. The molecule has 1 aromatic heterocycles. The molecule has 134 valence electrons. The van der Waals surface area contributed by atoms with Gasteiger partial charge in [-0.3, -0.25) is 0 Å². The smallest absolute Gasteiger partial charge is 0.231 e. The maximum absolute atomic E-state index is 6.33. The quantitative estimate of drug-likeness (QED) is 0.649. The average Bonchev–Trinajstić information content (AvgIpc) is 3.47. The van der Waals surface area contributed by atoms with Crippen molar-refractivity contribution in [1.29, 1.82) is 0 Å². The van der Waals surface area contributed by atoms with Crippen LogP contribution in [0.25, 0.3) is 0 Å². The summed E-state index contributed by atoms with van der Waals surface area (Å²) < 4.78 is 17.3. The minimum atomic E-state index is -0.198. The van der Waals surface area contributed by atoms with E-state index in [0.29, 0.717) is 0 Å². The average molecular weight is 376 g/mol. The summed E-state index contributed by atoms with van der Waals surface area (Å²) in [5.74, 6) is 2.52. The van der Waals surface area contributed by atoms with Gasteiger partial charge in [0.15, 0.2) is 11.5 Å². The molecule has 0 saturated heterocycles. The van der Waals surface area contributed by atoms with E-state index in [9.17, 15) is 0 Å². The Morgan fingerprint density at radius 1 is 0.963 bits per heavy atom. The number of hydrogen-bond donors (Lipinski definition) is 0. The molecule has 0 N–H and O–H groups in total. The summed E-state index contributed by atoms with van der Waals surface area (Å²) in [5, 5.41) is 9.16. The Kier molecular flexibility index (Phi) is 3.22. The van der Waals surface area contributed by atoms with Crippen LogP contribution >= 0.6 is 11.3 Å². The molecule has 5 nitrogen and oxygen atoms in total. The number of rotatable bonds is 2. The molecule has 0 bridgehead atoms. The van der Waals surface area contributed by atoms with Gasteiger partial charge in [0.05, 0.1) is 16.6 Å². The molecular formula is C21H16N2O3S. The highest BCUT2D eigenvalue weighted by Gasteiger charge is 2.41. The second-order valence-electron chi connectivity index (χ2n) is 6.74. The lowest BCUT2D eigenvalue weighted by atomic mass is 9.96. The van der Waals surface area contributed by atoms with Crippen LogP contribution in [0.1, 0.15) is 34.7 Å². The molecule has 6 heteroatoms. The molecule has 0 amide bonds. The van der Waals surface area contributed by atoms with Crippen molar-refractivity contribution < 1.29 is 14.2 Å². The fraction of sp³-hybridized carbons (Fsp3) is 0.190. The van der Waals surface area contributed by atoms with Crippen LogP contribution in [0.5, 0.6) is 17.2 Å². The van der Waals surface area contributed by atoms with Gasteiger partial charge in [-0.05, 0) is 35.7 Å². The maximum atomic E-state index is 6.33. The zero-order valence-corrected chi connectivity index (χ0v) is 15.2. The lowest BCUT2D eigenvalue weighted by Crippen LogP contribution is -2.33. The minimum Gasteiger partial charge on any atom is -0.464 e. The molecule has 0 radical (unpaired) electrons. The number of hydrogen-bond acceptors (Lipinski definition) is 6. The van der Waals surface area contributed by atoms with E-state index in [1.54, 1.807) is 11.3 Å². The topological polar surface area (TPSA) is 43.3 Å². The Balaban J connectivity index is 1.43. The fourth-order valence-electron chi connectivity index (χ4n) is 3.90. The Morgan fingerprint density at radius 3 is 2.81 bits per heavy atom. The van der Waals surface area contributed by atoms with Crippen molar-refractivity contribution in [3.05, 3.63) is 76.0 Å². The molecule has 0 saturated carbocycles. The van der Waals surface area contributed by atoms with Gasteiger partial charge >= 0.3 is 0 Å². The number of thiophene rings is 1. The van der Waals surface area contributed by atoms with E-state index in [0.717, 1.165) is 39.8 Å². The lowest BCUT2D eigenvalue weighted by molar-refractivity contribution is -0.0165. The van der Waals surface area contributed by atoms with Crippen molar-refractivity contribution in [3.63, 3.8) is 0 Å². The first-order valence-corrected chi connectivity index (χ1v) is 9.79. The van der Waals surface area contributed by atoms with Gasteiger partial charge in [0.25, 0.3) is 0 Å². The van der Waals surface area contributed by atoms with Gasteiger partial charge in [0.2, 0.25) is 13.0 Å². The summed E-state index contributed by atoms with van der Waals surface area (Å²) in [6.07, 6.45) is 0.637. The van der Waals surface area contributed by atoms with Crippen LogP contribution < -0.4 is 14.2 Å². The van der Waals surface area contributed by atoms with Gasteiger partial charge in [0.1, 0.15) is 5.75 Å². The second kappa shape index (κ2) is 5.76. The molecule has 3 aliphatic heterocycles. The Bertz CT molecular complexity index is 1050. The second-order valence-corrected chi connectivity index (χ2v) is 7.72. The van der Waals surface area contributed by atoms with E-state index in [1.807, 2.05) is 24.3 Å². The van der Waals surface area contributed by atoms with Crippen LogP contribution in [-0.4, -0.2) is 17.5 Å². The van der Waals surface area contributed by atoms with E-state index in [-0.39, 0.29) is 19.1 Å². The van der Waals surface area contributed by atoms with Crippen molar-refractivity contribution in [2.45, 2.75) is 18.7 Å². The molecule has 27 heavy (non-hydrogen) atoms. The van der Waals surface area contributed by atoms with Gasteiger partial charge in [-0.25, -0.2) is 5.01 Å². The van der Waals surface area contributed by atoms with Crippen molar-refractivity contribution in [3.8, 4) is 17.2 Å². The van der Waals surface area contributed by atoms with E-state index in [4.69, 9.17) is 19.3 Å². The summed E-state index contributed by atoms with van der Waals surface area (Å²) >= 11 is 1.69. The molecular weight excluding hydrogens is 360 g/mol. The third-order valence-corrected chi connectivity index (χ3v) is 6.09. The number of nitrogens with zero attached hydrogens (tertiary/aromatic N) is 2. The standard InChI is InChI=1S/C21H16N2O3S/c1-2-5-17-14(4-1)16-11-15(13-7-8-18-19(10-13)25-12-24-18)22-23(16)21(26-17)20-6-3-9-27-20/h1-10,16,21H,11-12H2/t16-,21+/m0/s1. The highest BCUT2D eigenvalue weighted by atomic mass is 32.1. The molecule has 0 unspecified atom stereocenters. The van der Waals surface area contributed by atoms with E-state index in [2.05, 4.69) is 40.7 Å². The summed E-state index contributed by atoms with van der Waals surface area (Å²) in [6, 6.07) is 18.6. The first-order valence-electron chi connectivity index (χ1n) is 8.92. The van der Waals surface area contributed by atoms with Crippen LogP contribution in [-0.2, 0) is 0 Å². The highest BCUT2D eigenvalue weighted by Crippen LogP contribution is 2.48. The molecule has 3 aliphatic rings. The van der Waals surface area contributed by atoms with Gasteiger partial charge < -0.3 is 14.2 Å². The van der Waals surface area contributed by atoms with Crippen molar-refractivity contribution >= 4 is 17.0 Å². The zero-order valence-electron chi connectivity index (χ0n) is 14.4. The molecule has 0 aliphatic carbocycles.